The minimum Gasteiger partial charge on any atom is -0.456 e. The van der Waals surface area contributed by atoms with Crippen LogP contribution in [0.2, 0.25) is 5.02 Å². The molecule has 0 amide bonds. The molecule has 23 heavy (non-hydrogen) atoms. The van der Waals surface area contributed by atoms with Gasteiger partial charge in [-0.25, -0.2) is 13.0 Å². The topological polar surface area (TPSA) is 46.5 Å². The van der Waals surface area contributed by atoms with E-state index < -0.39 is 44.4 Å². The SMILES string of the molecule is O=S1c2ccc(Oc3cc(F)cc(F)c3)c(Cl)c2C(O)C1(F)F. The van der Waals surface area contributed by atoms with Crippen molar-refractivity contribution in [2.45, 2.75) is 16.3 Å². The molecular weight excluding hydrogens is 360 g/mol. The molecular formula is C14H7ClF4O3S. The molecule has 1 N–H and O–H groups in total. The van der Waals surface area contributed by atoms with Gasteiger partial charge in [0.25, 0.3) is 0 Å². The van der Waals surface area contributed by atoms with Crippen molar-refractivity contribution in [3.05, 3.63) is 52.6 Å². The van der Waals surface area contributed by atoms with Gasteiger partial charge in [-0.05, 0) is 12.1 Å². The van der Waals surface area contributed by atoms with Crippen molar-refractivity contribution < 1.29 is 31.6 Å². The van der Waals surface area contributed by atoms with Gasteiger partial charge in [0.2, 0.25) is 0 Å². The van der Waals surface area contributed by atoms with Crippen molar-refractivity contribution in [3.63, 3.8) is 0 Å². The summed E-state index contributed by atoms with van der Waals surface area (Å²) in [5.74, 6) is -2.25. The van der Waals surface area contributed by atoms with Gasteiger partial charge in [0, 0.05) is 23.8 Å². The van der Waals surface area contributed by atoms with Crippen molar-refractivity contribution in [1.82, 2.24) is 0 Å². The fourth-order valence-corrected chi connectivity index (χ4v) is 3.76. The Hall–Kier alpha value is -1.64. The van der Waals surface area contributed by atoms with E-state index in [1.165, 1.54) is 0 Å². The first-order valence-electron chi connectivity index (χ1n) is 6.16. The molecule has 2 aromatic carbocycles. The molecule has 0 aliphatic carbocycles. The van der Waals surface area contributed by atoms with E-state index in [0.29, 0.717) is 6.07 Å². The third-order valence-corrected chi connectivity index (χ3v) is 5.07. The molecule has 0 aromatic heterocycles. The van der Waals surface area contributed by atoms with Crippen LogP contribution in [0.4, 0.5) is 17.6 Å². The third-order valence-electron chi connectivity index (χ3n) is 3.21. The highest BCUT2D eigenvalue weighted by Gasteiger charge is 2.55. The van der Waals surface area contributed by atoms with Gasteiger partial charge in [-0.3, -0.25) is 0 Å². The van der Waals surface area contributed by atoms with Crippen LogP contribution in [-0.2, 0) is 10.8 Å². The van der Waals surface area contributed by atoms with E-state index in [1.54, 1.807) is 0 Å². The maximum atomic E-state index is 13.6. The lowest BCUT2D eigenvalue weighted by molar-refractivity contribution is -0.0344. The van der Waals surface area contributed by atoms with Crippen LogP contribution in [0, 0.1) is 11.6 Å². The largest absolute Gasteiger partial charge is 0.456 e. The van der Waals surface area contributed by atoms with Crippen LogP contribution in [0.5, 0.6) is 11.5 Å². The Balaban J connectivity index is 2.04. The lowest BCUT2D eigenvalue weighted by Crippen LogP contribution is -2.24. The van der Waals surface area contributed by atoms with E-state index in [0.717, 1.165) is 24.3 Å². The number of alkyl halides is 2. The summed E-state index contributed by atoms with van der Waals surface area (Å²) in [5.41, 5.74) is -0.427. The number of ether oxygens (including phenoxy) is 1. The number of hydrogen-bond donors (Lipinski definition) is 1. The maximum absolute atomic E-state index is 13.6. The predicted molar refractivity (Wildman–Crippen MR) is 74.2 cm³/mol. The molecule has 0 saturated heterocycles. The van der Waals surface area contributed by atoms with Gasteiger partial charge in [-0.15, -0.1) is 0 Å². The highest BCUT2D eigenvalue weighted by Crippen LogP contribution is 2.51. The van der Waals surface area contributed by atoms with Crippen molar-refractivity contribution in [3.8, 4) is 11.5 Å². The average Bonchev–Trinajstić information content (AvgIpc) is 2.62. The molecule has 122 valence electrons. The van der Waals surface area contributed by atoms with Crippen molar-refractivity contribution >= 4 is 22.4 Å². The minimum absolute atomic E-state index is 0.204. The van der Waals surface area contributed by atoms with E-state index in [-0.39, 0.29) is 16.4 Å². The quantitative estimate of drug-likeness (QED) is 0.812. The molecule has 0 bridgehead atoms. The number of hydrogen-bond acceptors (Lipinski definition) is 3. The summed E-state index contributed by atoms with van der Waals surface area (Å²) in [7, 11) is -2.75. The van der Waals surface area contributed by atoms with E-state index in [2.05, 4.69) is 0 Å². The van der Waals surface area contributed by atoms with Crippen LogP contribution in [0.3, 0.4) is 0 Å². The second kappa shape index (κ2) is 5.47. The molecule has 0 spiro atoms. The van der Waals surface area contributed by atoms with Gasteiger partial charge in [-0.1, -0.05) is 11.6 Å². The summed E-state index contributed by atoms with van der Waals surface area (Å²) in [4.78, 5) is -0.315. The van der Waals surface area contributed by atoms with Crippen molar-refractivity contribution in [2.24, 2.45) is 0 Å². The first-order chi connectivity index (χ1) is 10.7. The van der Waals surface area contributed by atoms with Crippen LogP contribution in [0.1, 0.15) is 11.7 Å². The Kier molecular flexibility index (Phi) is 3.86. The molecule has 1 aliphatic heterocycles. The number of rotatable bonds is 2. The summed E-state index contributed by atoms with van der Waals surface area (Å²) < 4.78 is 70.3. The summed E-state index contributed by atoms with van der Waals surface area (Å²) in [6.45, 7) is 0. The van der Waals surface area contributed by atoms with Gasteiger partial charge in [0.05, 0.1) is 9.92 Å². The molecule has 0 saturated carbocycles. The van der Waals surface area contributed by atoms with E-state index in [9.17, 15) is 26.9 Å². The van der Waals surface area contributed by atoms with Gasteiger partial charge in [-0.2, -0.15) is 8.78 Å². The molecule has 9 heteroatoms. The summed E-state index contributed by atoms with van der Waals surface area (Å²) in [6.07, 6.45) is -2.36. The molecule has 3 nitrogen and oxygen atoms in total. The Morgan fingerprint density at radius 3 is 2.39 bits per heavy atom. The lowest BCUT2D eigenvalue weighted by atomic mass is 10.1. The Morgan fingerprint density at radius 1 is 1.17 bits per heavy atom. The van der Waals surface area contributed by atoms with Crippen LogP contribution in [0.15, 0.2) is 35.2 Å². The average molecular weight is 367 g/mol. The number of halogens is 5. The second-order valence-electron chi connectivity index (χ2n) is 4.73. The van der Waals surface area contributed by atoms with Gasteiger partial charge in [0.1, 0.15) is 33.9 Å². The van der Waals surface area contributed by atoms with Crippen molar-refractivity contribution in [2.75, 3.05) is 0 Å². The monoisotopic (exact) mass is 366 g/mol. The van der Waals surface area contributed by atoms with E-state index >= 15 is 0 Å². The van der Waals surface area contributed by atoms with Crippen LogP contribution >= 0.6 is 11.6 Å². The summed E-state index contributed by atoms with van der Waals surface area (Å²) >= 11 is 5.93. The zero-order valence-electron chi connectivity index (χ0n) is 11.0. The van der Waals surface area contributed by atoms with Gasteiger partial charge >= 0.3 is 5.25 Å². The first-order valence-corrected chi connectivity index (χ1v) is 7.68. The minimum atomic E-state index is -3.88. The maximum Gasteiger partial charge on any atom is 0.354 e. The zero-order valence-corrected chi connectivity index (χ0v) is 12.6. The highest BCUT2D eigenvalue weighted by atomic mass is 35.5. The molecule has 2 unspecified atom stereocenters. The fraction of sp³-hybridized carbons (Fsp3) is 0.143. The standard InChI is InChI=1S/C14H7ClF4O3S/c15-12-9(22-8-4-6(16)3-7(17)5-8)1-2-10-11(12)13(20)14(18,19)23(10)21/h1-5,13,20H. The molecule has 0 fully saturated rings. The highest BCUT2D eigenvalue weighted by molar-refractivity contribution is 7.86. The van der Waals surface area contributed by atoms with Gasteiger partial charge in [0.15, 0.2) is 6.10 Å². The molecule has 1 heterocycles. The molecule has 1 aliphatic rings. The second-order valence-corrected chi connectivity index (χ2v) is 6.63. The third kappa shape index (κ3) is 2.60. The number of aliphatic hydroxyl groups excluding tert-OH is 1. The van der Waals surface area contributed by atoms with Crippen LogP contribution in [-0.4, -0.2) is 14.6 Å². The Morgan fingerprint density at radius 2 is 1.78 bits per heavy atom. The smallest absolute Gasteiger partial charge is 0.354 e. The molecule has 3 rings (SSSR count). The van der Waals surface area contributed by atoms with Gasteiger partial charge < -0.3 is 9.84 Å². The first kappa shape index (κ1) is 16.2. The number of aliphatic hydroxyl groups is 1. The van der Waals surface area contributed by atoms with Crippen LogP contribution < -0.4 is 4.74 Å². The summed E-state index contributed by atoms with van der Waals surface area (Å²) in [5, 5.41) is 5.36. The fourth-order valence-electron chi connectivity index (χ4n) is 2.18. The van der Waals surface area contributed by atoms with E-state index in [1.807, 2.05) is 0 Å². The normalized spacial score (nSPS) is 22.0. The summed E-state index contributed by atoms with van der Waals surface area (Å²) in [6, 6.07) is 4.57. The predicted octanol–water partition coefficient (Wildman–Crippen LogP) is 4.16. The lowest BCUT2D eigenvalue weighted by Gasteiger charge is -2.14. The Labute approximate surface area is 134 Å². The molecule has 0 radical (unpaired) electrons. The number of benzene rings is 2. The Bertz CT molecular complexity index is 808. The van der Waals surface area contributed by atoms with Crippen molar-refractivity contribution in [1.29, 1.82) is 0 Å². The number of fused-ring (bicyclic) bond motifs is 1. The molecule has 2 atom stereocenters. The van der Waals surface area contributed by atoms with Crippen LogP contribution in [0.25, 0.3) is 0 Å². The van der Waals surface area contributed by atoms with E-state index in [4.69, 9.17) is 16.3 Å². The zero-order chi connectivity index (χ0) is 16.9. The molecule has 2 aromatic rings.